The minimum absolute atomic E-state index is 0.287. The third-order valence-electron chi connectivity index (χ3n) is 5.83. The third kappa shape index (κ3) is 1.47. The molecule has 0 heterocycles. The molecule has 0 amide bonds. The monoisotopic (exact) mass is 246 g/mol. The fourth-order valence-electron chi connectivity index (χ4n) is 4.00. The van der Waals surface area contributed by atoms with Crippen LogP contribution in [0.1, 0.15) is 40.0 Å². The van der Waals surface area contributed by atoms with E-state index in [0.29, 0.717) is 17.3 Å². The Hall–Kier alpha value is -1.18. The molecular formula is C16H22O2. The zero-order valence-corrected chi connectivity index (χ0v) is 11.4. The number of aromatic hydroxyl groups is 1. The third-order valence-corrected chi connectivity index (χ3v) is 5.83. The molecule has 2 fully saturated rings. The predicted octanol–water partition coefficient (Wildman–Crippen LogP) is 3.99. The van der Waals surface area contributed by atoms with Gasteiger partial charge in [0.1, 0.15) is 17.6 Å². The maximum Gasteiger partial charge on any atom is 0.120 e. The van der Waals surface area contributed by atoms with E-state index >= 15 is 0 Å². The summed E-state index contributed by atoms with van der Waals surface area (Å²) in [5.41, 5.74) is 0.671. The van der Waals surface area contributed by atoms with E-state index in [2.05, 4.69) is 20.8 Å². The van der Waals surface area contributed by atoms with Crippen LogP contribution in [0.2, 0.25) is 0 Å². The fourth-order valence-corrected chi connectivity index (χ4v) is 4.00. The Labute approximate surface area is 109 Å². The predicted molar refractivity (Wildman–Crippen MR) is 71.8 cm³/mol. The quantitative estimate of drug-likeness (QED) is 0.855. The molecule has 0 unspecified atom stereocenters. The Kier molecular flexibility index (Phi) is 2.42. The Morgan fingerprint density at radius 2 is 1.83 bits per heavy atom. The van der Waals surface area contributed by atoms with Crippen molar-refractivity contribution in [3.05, 3.63) is 24.3 Å². The highest BCUT2D eigenvalue weighted by Crippen LogP contribution is 2.66. The van der Waals surface area contributed by atoms with E-state index in [1.807, 2.05) is 12.1 Å². The van der Waals surface area contributed by atoms with E-state index in [4.69, 9.17) is 4.74 Å². The van der Waals surface area contributed by atoms with Gasteiger partial charge < -0.3 is 9.84 Å². The first-order valence-corrected chi connectivity index (χ1v) is 6.89. The second-order valence-corrected chi connectivity index (χ2v) is 6.71. The molecule has 1 aromatic carbocycles. The molecule has 0 aromatic heterocycles. The number of phenolic OH excluding ortho intramolecular Hbond substituents is 1. The topological polar surface area (TPSA) is 29.5 Å². The van der Waals surface area contributed by atoms with E-state index < -0.39 is 0 Å². The van der Waals surface area contributed by atoms with Crippen LogP contribution in [0.4, 0.5) is 0 Å². The van der Waals surface area contributed by atoms with Gasteiger partial charge in [-0.25, -0.2) is 0 Å². The molecular weight excluding hydrogens is 224 g/mol. The van der Waals surface area contributed by atoms with Gasteiger partial charge in [-0.2, -0.15) is 0 Å². The Balaban J connectivity index is 1.81. The highest BCUT2D eigenvalue weighted by molar-refractivity contribution is 5.30. The Morgan fingerprint density at radius 1 is 1.17 bits per heavy atom. The van der Waals surface area contributed by atoms with Crippen LogP contribution in [0.25, 0.3) is 0 Å². The number of ether oxygens (including phenoxy) is 1. The van der Waals surface area contributed by atoms with Gasteiger partial charge in [0.2, 0.25) is 0 Å². The molecule has 1 aromatic rings. The van der Waals surface area contributed by atoms with Crippen LogP contribution in [0.3, 0.4) is 0 Å². The second-order valence-electron chi connectivity index (χ2n) is 6.71. The van der Waals surface area contributed by atoms with Crippen molar-refractivity contribution in [3.8, 4) is 11.5 Å². The minimum Gasteiger partial charge on any atom is -0.508 e. The first kappa shape index (κ1) is 11.9. The molecule has 2 bridgehead atoms. The van der Waals surface area contributed by atoms with Crippen LogP contribution in [-0.2, 0) is 0 Å². The number of rotatable bonds is 2. The summed E-state index contributed by atoms with van der Waals surface area (Å²) in [7, 11) is 0. The highest BCUT2D eigenvalue weighted by Gasteiger charge is 2.62. The first-order chi connectivity index (χ1) is 8.43. The molecule has 18 heavy (non-hydrogen) atoms. The van der Waals surface area contributed by atoms with Gasteiger partial charge in [-0.15, -0.1) is 0 Å². The summed E-state index contributed by atoms with van der Waals surface area (Å²) in [5.74, 6) is 1.97. The van der Waals surface area contributed by atoms with Crippen LogP contribution in [0.15, 0.2) is 24.3 Å². The van der Waals surface area contributed by atoms with Crippen LogP contribution < -0.4 is 4.74 Å². The number of hydrogen-bond donors (Lipinski definition) is 1. The molecule has 2 saturated carbocycles. The lowest BCUT2D eigenvalue weighted by molar-refractivity contribution is 0.0301. The maximum absolute atomic E-state index is 9.30. The standard InChI is InChI=1S/C16H22O2/c1-15(2)11-8-9-16(15,3)14(10-11)18-13-6-4-12(17)5-7-13/h4-7,11,14,17H,8-10H2,1-3H3/t11-,14+,16+/m0/s1. The maximum atomic E-state index is 9.30. The molecule has 2 nitrogen and oxygen atoms in total. The van der Waals surface area contributed by atoms with Gasteiger partial charge >= 0.3 is 0 Å². The van der Waals surface area contributed by atoms with Gasteiger partial charge in [0, 0.05) is 5.41 Å². The van der Waals surface area contributed by atoms with Crippen molar-refractivity contribution >= 4 is 0 Å². The van der Waals surface area contributed by atoms with Crippen molar-refractivity contribution in [2.45, 2.75) is 46.1 Å². The van der Waals surface area contributed by atoms with Crippen molar-refractivity contribution in [2.75, 3.05) is 0 Å². The molecule has 3 atom stereocenters. The molecule has 2 aliphatic rings. The van der Waals surface area contributed by atoms with E-state index in [1.54, 1.807) is 12.1 Å². The van der Waals surface area contributed by atoms with Crippen molar-refractivity contribution in [2.24, 2.45) is 16.7 Å². The lowest BCUT2D eigenvalue weighted by Crippen LogP contribution is -2.38. The van der Waals surface area contributed by atoms with E-state index in [-0.39, 0.29) is 5.41 Å². The van der Waals surface area contributed by atoms with Crippen molar-refractivity contribution < 1.29 is 9.84 Å². The fraction of sp³-hybridized carbons (Fsp3) is 0.625. The summed E-state index contributed by atoms with van der Waals surface area (Å²) in [6, 6.07) is 7.10. The SMILES string of the molecule is CC1(C)[C@H]2CC[C@]1(C)[C@H](Oc1ccc(O)cc1)C2. The average Bonchev–Trinajstić information content (AvgIpc) is 2.65. The Bertz CT molecular complexity index is 449. The number of benzene rings is 1. The van der Waals surface area contributed by atoms with Gasteiger partial charge in [-0.3, -0.25) is 0 Å². The largest absolute Gasteiger partial charge is 0.508 e. The summed E-state index contributed by atoms with van der Waals surface area (Å²) in [5, 5.41) is 9.30. The zero-order chi connectivity index (χ0) is 13.0. The van der Waals surface area contributed by atoms with E-state index in [0.717, 1.165) is 11.7 Å². The van der Waals surface area contributed by atoms with Gasteiger partial charge in [0.05, 0.1) is 0 Å². The normalized spacial score (nSPS) is 36.8. The molecule has 0 saturated heterocycles. The lowest BCUT2D eigenvalue weighted by atomic mass is 9.70. The smallest absolute Gasteiger partial charge is 0.120 e. The van der Waals surface area contributed by atoms with Crippen LogP contribution in [-0.4, -0.2) is 11.2 Å². The van der Waals surface area contributed by atoms with Gasteiger partial charge in [-0.05, 0) is 54.9 Å². The van der Waals surface area contributed by atoms with E-state index in [1.165, 1.54) is 19.3 Å². The molecule has 98 valence electrons. The summed E-state index contributed by atoms with van der Waals surface area (Å²) in [6.07, 6.45) is 4.10. The summed E-state index contributed by atoms with van der Waals surface area (Å²) in [6.45, 7) is 7.17. The number of fused-ring (bicyclic) bond motifs is 2. The molecule has 0 spiro atoms. The van der Waals surface area contributed by atoms with Crippen LogP contribution >= 0.6 is 0 Å². The average molecular weight is 246 g/mol. The number of hydrogen-bond acceptors (Lipinski definition) is 2. The molecule has 0 radical (unpaired) electrons. The van der Waals surface area contributed by atoms with E-state index in [9.17, 15) is 5.11 Å². The molecule has 2 heteroatoms. The van der Waals surface area contributed by atoms with Crippen LogP contribution in [0.5, 0.6) is 11.5 Å². The summed E-state index contributed by atoms with van der Waals surface area (Å²) < 4.78 is 6.19. The summed E-state index contributed by atoms with van der Waals surface area (Å²) in [4.78, 5) is 0. The molecule has 3 rings (SSSR count). The lowest BCUT2D eigenvalue weighted by Gasteiger charge is -2.38. The zero-order valence-electron chi connectivity index (χ0n) is 11.4. The molecule has 2 aliphatic carbocycles. The second kappa shape index (κ2) is 3.66. The minimum atomic E-state index is 0.287. The van der Waals surface area contributed by atoms with Crippen LogP contribution in [0, 0.1) is 16.7 Å². The molecule has 0 aliphatic heterocycles. The molecule has 1 N–H and O–H groups in total. The van der Waals surface area contributed by atoms with Gasteiger partial charge in [-0.1, -0.05) is 20.8 Å². The van der Waals surface area contributed by atoms with Gasteiger partial charge in [0.15, 0.2) is 0 Å². The first-order valence-electron chi connectivity index (χ1n) is 6.89. The van der Waals surface area contributed by atoms with Crippen molar-refractivity contribution in [3.63, 3.8) is 0 Å². The van der Waals surface area contributed by atoms with Crippen molar-refractivity contribution in [1.82, 2.24) is 0 Å². The number of phenols is 1. The summed E-state index contributed by atoms with van der Waals surface area (Å²) >= 11 is 0. The van der Waals surface area contributed by atoms with Gasteiger partial charge in [0.25, 0.3) is 0 Å². The highest BCUT2D eigenvalue weighted by atomic mass is 16.5. The Morgan fingerprint density at radius 3 is 2.33 bits per heavy atom. The van der Waals surface area contributed by atoms with Crippen molar-refractivity contribution in [1.29, 1.82) is 0 Å².